The maximum absolute atomic E-state index is 13.8. The number of ether oxygens (including phenoxy) is 1. The topological polar surface area (TPSA) is 125 Å². The van der Waals surface area contributed by atoms with Crippen molar-refractivity contribution >= 4 is 28.7 Å². The molecule has 48 heavy (non-hydrogen) atoms. The molecule has 2 saturated carbocycles. The van der Waals surface area contributed by atoms with Gasteiger partial charge in [-0.15, -0.1) is 0 Å². The van der Waals surface area contributed by atoms with E-state index in [1.165, 1.54) is 8.80 Å². The number of aryl methyl sites for hydroxylation is 2. The Bertz CT molecular complexity index is 2440. The number of fused-ring (bicyclic) bond motifs is 2. The van der Waals surface area contributed by atoms with Crippen LogP contribution < -0.4 is 16.9 Å². The Labute approximate surface area is 275 Å². The highest BCUT2D eigenvalue weighted by Gasteiger charge is 2.33. The quantitative estimate of drug-likeness (QED) is 0.124. The minimum atomic E-state index is -1.08. The summed E-state index contributed by atoms with van der Waals surface area (Å²) in [6.45, 7) is 3.91. The number of aromatic nitrogens is 3. The van der Waals surface area contributed by atoms with E-state index in [1.807, 2.05) is 62.4 Å². The van der Waals surface area contributed by atoms with Gasteiger partial charge in [-0.1, -0.05) is 18.2 Å². The van der Waals surface area contributed by atoms with Gasteiger partial charge in [-0.05, 0) is 133 Å². The standard InChI is InChI=1S/C39H32N4O5/c1-21-28(23-9-11-27(40)12-10-23)13-16-42-34(21)30(24-5-6-24)18-32(36(42)44)38(46)48-39(47)33-19-31(25-7-8-25)35-22(2)29(14-17-43(35)37(33)45)26-4-3-15-41-20-26/h3-4,9-20,24-25H,5-8,40H2,1-2H3. The number of carbonyl (C=O) groups excluding carboxylic acids is 2. The lowest BCUT2D eigenvalue weighted by molar-refractivity contribution is 0.0395. The first-order valence-electron chi connectivity index (χ1n) is 16.1. The highest BCUT2D eigenvalue weighted by molar-refractivity contribution is 6.03. The zero-order valence-electron chi connectivity index (χ0n) is 26.5. The number of hydrogen-bond donors (Lipinski definition) is 1. The predicted octanol–water partition coefficient (Wildman–Crippen LogP) is 6.59. The Hall–Kier alpha value is -5.83. The molecule has 0 radical (unpaired) electrons. The Morgan fingerprint density at radius 3 is 1.69 bits per heavy atom. The summed E-state index contributed by atoms with van der Waals surface area (Å²) in [5.74, 6) is -1.81. The zero-order chi connectivity index (χ0) is 33.3. The van der Waals surface area contributed by atoms with E-state index in [4.69, 9.17) is 10.5 Å². The molecule has 0 saturated heterocycles. The van der Waals surface area contributed by atoms with Crippen LogP contribution in [0.25, 0.3) is 33.3 Å². The predicted molar refractivity (Wildman–Crippen MR) is 184 cm³/mol. The fourth-order valence-electron chi connectivity index (χ4n) is 6.90. The van der Waals surface area contributed by atoms with Crippen molar-refractivity contribution in [3.05, 3.63) is 140 Å². The fraction of sp³-hybridized carbons (Fsp3) is 0.205. The number of nitrogen functional groups attached to an aromatic ring is 1. The van der Waals surface area contributed by atoms with Crippen molar-refractivity contribution in [2.75, 3.05) is 5.73 Å². The lowest BCUT2D eigenvalue weighted by Gasteiger charge is -2.16. The Kier molecular flexibility index (Phi) is 6.87. The highest BCUT2D eigenvalue weighted by Crippen LogP contribution is 2.45. The highest BCUT2D eigenvalue weighted by atomic mass is 16.6. The SMILES string of the molecule is Cc1c(-c2ccc(N)cc2)ccn2c(=O)c(C(=O)OC(=O)c3cc(C4CC4)c4c(C)c(-c5cccnc5)ccn4c3=O)cc(C3CC3)c12. The summed E-state index contributed by atoms with van der Waals surface area (Å²) in [5, 5.41) is 0. The van der Waals surface area contributed by atoms with Gasteiger partial charge < -0.3 is 10.5 Å². The second-order valence-electron chi connectivity index (χ2n) is 12.9. The van der Waals surface area contributed by atoms with E-state index in [2.05, 4.69) is 4.98 Å². The number of nitrogens with two attached hydrogens (primary N) is 1. The van der Waals surface area contributed by atoms with Gasteiger partial charge in [-0.3, -0.25) is 23.4 Å². The van der Waals surface area contributed by atoms with Crippen molar-refractivity contribution in [1.29, 1.82) is 0 Å². The Morgan fingerprint density at radius 2 is 1.23 bits per heavy atom. The second-order valence-corrected chi connectivity index (χ2v) is 12.9. The van der Waals surface area contributed by atoms with E-state index in [0.29, 0.717) is 5.69 Å². The van der Waals surface area contributed by atoms with E-state index < -0.39 is 23.1 Å². The number of benzene rings is 1. The molecule has 2 fully saturated rings. The van der Waals surface area contributed by atoms with E-state index >= 15 is 0 Å². The number of esters is 2. The van der Waals surface area contributed by atoms with Crippen LogP contribution in [0.5, 0.6) is 0 Å². The van der Waals surface area contributed by atoms with Gasteiger partial charge in [-0.2, -0.15) is 0 Å². The Balaban J connectivity index is 1.18. The van der Waals surface area contributed by atoms with E-state index in [9.17, 15) is 19.2 Å². The number of rotatable bonds is 6. The maximum atomic E-state index is 13.8. The maximum Gasteiger partial charge on any atom is 0.351 e. The molecule has 9 nitrogen and oxygen atoms in total. The first-order valence-corrected chi connectivity index (χ1v) is 16.1. The molecule has 6 aromatic rings. The summed E-state index contributed by atoms with van der Waals surface area (Å²) in [4.78, 5) is 58.9. The summed E-state index contributed by atoms with van der Waals surface area (Å²) >= 11 is 0. The summed E-state index contributed by atoms with van der Waals surface area (Å²) in [5.41, 5.74) is 13.6. The van der Waals surface area contributed by atoms with Crippen molar-refractivity contribution in [1.82, 2.24) is 13.8 Å². The third-order valence-electron chi connectivity index (χ3n) is 9.68. The minimum Gasteiger partial charge on any atom is -0.399 e. The molecule has 0 bridgehead atoms. The van der Waals surface area contributed by atoms with E-state index in [1.54, 1.807) is 36.9 Å². The summed E-state index contributed by atoms with van der Waals surface area (Å²) < 4.78 is 8.25. The molecule has 9 heteroatoms. The Morgan fingerprint density at radius 1 is 0.729 bits per heavy atom. The molecule has 8 rings (SSSR count). The molecule has 5 aromatic heterocycles. The molecular formula is C39H32N4O5. The number of nitrogens with zero attached hydrogens (tertiary/aromatic N) is 3. The van der Waals surface area contributed by atoms with Crippen molar-refractivity contribution in [3.63, 3.8) is 0 Å². The van der Waals surface area contributed by atoms with Gasteiger partial charge in [-0.25, -0.2) is 9.59 Å². The summed E-state index contributed by atoms with van der Waals surface area (Å²) in [6, 6.07) is 18.2. The van der Waals surface area contributed by atoms with E-state index in [0.717, 1.165) is 81.2 Å². The summed E-state index contributed by atoms with van der Waals surface area (Å²) in [6.07, 6.45) is 10.5. The summed E-state index contributed by atoms with van der Waals surface area (Å²) in [7, 11) is 0. The fourth-order valence-corrected chi connectivity index (χ4v) is 6.90. The van der Waals surface area contributed by atoms with Crippen LogP contribution in [0.3, 0.4) is 0 Å². The number of pyridine rings is 5. The van der Waals surface area contributed by atoms with Crippen LogP contribution in [0.15, 0.2) is 95.0 Å². The molecule has 238 valence electrons. The molecule has 0 aliphatic heterocycles. The monoisotopic (exact) mass is 636 g/mol. The molecule has 5 heterocycles. The number of carbonyl (C=O) groups is 2. The molecule has 0 amide bonds. The lowest BCUT2D eigenvalue weighted by atomic mass is 9.96. The zero-order valence-corrected chi connectivity index (χ0v) is 26.5. The van der Waals surface area contributed by atoms with E-state index in [-0.39, 0.29) is 23.0 Å². The molecule has 0 spiro atoms. The van der Waals surface area contributed by atoms with Crippen molar-refractivity contribution in [2.24, 2.45) is 0 Å². The van der Waals surface area contributed by atoms with Crippen LogP contribution in [0.4, 0.5) is 5.69 Å². The van der Waals surface area contributed by atoms with Crippen molar-refractivity contribution < 1.29 is 14.3 Å². The average Bonchev–Trinajstić information content (AvgIpc) is 4.01. The molecular weight excluding hydrogens is 604 g/mol. The van der Waals surface area contributed by atoms with Crippen LogP contribution in [-0.2, 0) is 4.74 Å². The molecule has 0 unspecified atom stereocenters. The largest absolute Gasteiger partial charge is 0.399 e. The van der Waals surface area contributed by atoms with Gasteiger partial charge in [0.15, 0.2) is 0 Å². The van der Waals surface area contributed by atoms with Crippen LogP contribution in [-0.4, -0.2) is 25.7 Å². The second kappa shape index (κ2) is 11.2. The smallest absolute Gasteiger partial charge is 0.351 e. The van der Waals surface area contributed by atoms with Gasteiger partial charge in [0.05, 0.1) is 11.0 Å². The molecule has 2 aliphatic carbocycles. The lowest BCUT2D eigenvalue weighted by Crippen LogP contribution is -2.29. The normalized spacial score (nSPS) is 14.4. The van der Waals surface area contributed by atoms with Crippen molar-refractivity contribution in [2.45, 2.75) is 51.4 Å². The first-order chi connectivity index (χ1) is 23.2. The van der Waals surface area contributed by atoms with Crippen LogP contribution >= 0.6 is 0 Å². The first kappa shape index (κ1) is 29.6. The third-order valence-corrected chi connectivity index (χ3v) is 9.68. The van der Waals surface area contributed by atoms with Gasteiger partial charge in [0.2, 0.25) is 0 Å². The average molecular weight is 637 g/mol. The minimum absolute atomic E-state index is 0.175. The number of hydrogen-bond acceptors (Lipinski definition) is 7. The van der Waals surface area contributed by atoms with Crippen LogP contribution in [0, 0.1) is 13.8 Å². The van der Waals surface area contributed by atoms with Gasteiger partial charge in [0.25, 0.3) is 11.1 Å². The molecule has 2 aliphatic rings. The van der Waals surface area contributed by atoms with Gasteiger partial charge in [0.1, 0.15) is 11.1 Å². The van der Waals surface area contributed by atoms with Crippen molar-refractivity contribution in [3.8, 4) is 22.3 Å². The number of anilines is 1. The van der Waals surface area contributed by atoms with Crippen LogP contribution in [0.2, 0.25) is 0 Å². The molecule has 1 aromatic carbocycles. The van der Waals surface area contributed by atoms with Gasteiger partial charge >= 0.3 is 11.9 Å². The van der Waals surface area contributed by atoms with Crippen LogP contribution in [0.1, 0.15) is 80.5 Å². The molecule has 2 N–H and O–H groups in total. The third kappa shape index (κ3) is 4.90. The van der Waals surface area contributed by atoms with Gasteiger partial charge in [0, 0.05) is 36.0 Å². The molecule has 0 atom stereocenters.